The van der Waals surface area contributed by atoms with Gasteiger partial charge in [-0.2, -0.15) is 0 Å². The van der Waals surface area contributed by atoms with Crippen molar-refractivity contribution in [1.82, 2.24) is 0 Å². The van der Waals surface area contributed by atoms with Gasteiger partial charge in [-0.05, 0) is 37.1 Å². The number of hydrogen-bond donors (Lipinski definition) is 0. The van der Waals surface area contributed by atoms with Crippen LogP contribution >= 0.6 is 22.2 Å². The van der Waals surface area contributed by atoms with E-state index in [4.69, 9.17) is 22.2 Å². The molecule has 0 spiro atoms. The van der Waals surface area contributed by atoms with Crippen LogP contribution in [0.1, 0.15) is 16.7 Å². The van der Waals surface area contributed by atoms with Crippen LogP contribution in [0.4, 0.5) is 0 Å². The molecular formula is C9H11Cl2Si. The molecule has 0 bridgehead atoms. The van der Waals surface area contributed by atoms with E-state index in [1.54, 1.807) is 0 Å². The van der Waals surface area contributed by atoms with Gasteiger partial charge in [0.05, 0.1) is 0 Å². The largest absolute Gasteiger partial charge is 0.307 e. The Hall–Kier alpha value is 0.0169. The van der Waals surface area contributed by atoms with Crippen molar-refractivity contribution in [1.29, 1.82) is 0 Å². The van der Waals surface area contributed by atoms with Gasteiger partial charge >= 0.3 is 7.42 Å². The van der Waals surface area contributed by atoms with Crippen molar-refractivity contribution >= 4 is 34.8 Å². The van der Waals surface area contributed by atoms with Gasteiger partial charge in [-0.25, -0.2) is 0 Å². The van der Waals surface area contributed by atoms with Crippen molar-refractivity contribution in [3.8, 4) is 0 Å². The van der Waals surface area contributed by atoms with Crippen molar-refractivity contribution < 1.29 is 0 Å². The fourth-order valence-corrected chi connectivity index (χ4v) is 4.01. The van der Waals surface area contributed by atoms with Gasteiger partial charge in [-0.3, -0.25) is 0 Å². The Labute approximate surface area is 84.5 Å². The van der Waals surface area contributed by atoms with Gasteiger partial charge in [-0.15, -0.1) is 22.2 Å². The summed E-state index contributed by atoms with van der Waals surface area (Å²) >= 11 is 11.9. The molecule has 12 heavy (non-hydrogen) atoms. The Kier molecular flexibility index (Phi) is 3.21. The number of hydrogen-bond acceptors (Lipinski definition) is 0. The third-order valence-electron chi connectivity index (χ3n) is 1.87. The third kappa shape index (κ3) is 2.03. The summed E-state index contributed by atoms with van der Waals surface area (Å²) in [5, 5.41) is 1.15. The quantitative estimate of drug-likeness (QED) is 0.502. The molecule has 65 valence electrons. The molecule has 0 fully saturated rings. The van der Waals surface area contributed by atoms with Gasteiger partial charge < -0.3 is 0 Å². The molecule has 0 N–H and O–H groups in total. The lowest BCUT2D eigenvalue weighted by Gasteiger charge is -2.09. The van der Waals surface area contributed by atoms with Crippen LogP contribution in [-0.4, -0.2) is 7.42 Å². The second kappa shape index (κ2) is 3.82. The number of benzene rings is 1. The molecule has 0 atom stereocenters. The Bertz CT molecular complexity index is 272. The van der Waals surface area contributed by atoms with E-state index in [1.165, 1.54) is 16.7 Å². The van der Waals surface area contributed by atoms with Gasteiger partial charge in [-0.1, -0.05) is 17.7 Å². The van der Waals surface area contributed by atoms with E-state index in [0.29, 0.717) is 0 Å². The Morgan fingerprint density at radius 3 is 1.75 bits per heavy atom. The normalized spacial score (nSPS) is 10.8. The highest BCUT2D eigenvalue weighted by Gasteiger charge is 2.13. The Morgan fingerprint density at radius 2 is 1.42 bits per heavy atom. The topological polar surface area (TPSA) is 0 Å². The first-order valence-corrected chi connectivity index (χ1v) is 7.31. The van der Waals surface area contributed by atoms with E-state index in [0.717, 1.165) is 5.19 Å². The number of halogens is 2. The zero-order chi connectivity index (χ0) is 9.30. The van der Waals surface area contributed by atoms with Crippen molar-refractivity contribution in [2.45, 2.75) is 20.8 Å². The summed E-state index contributed by atoms with van der Waals surface area (Å²) in [5.74, 6) is 0. The van der Waals surface area contributed by atoms with Crippen LogP contribution in [0.15, 0.2) is 12.1 Å². The van der Waals surface area contributed by atoms with Gasteiger partial charge in [0.15, 0.2) is 0 Å². The van der Waals surface area contributed by atoms with Crippen LogP contribution in [0, 0.1) is 20.8 Å². The van der Waals surface area contributed by atoms with E-state index in [9.17, 15) is 0 Å². The molecule has 0 saturated heterocycles. The minimum atomic E-state index is -1.34. The maximum absolute atomic E-state index is 5.93. The zero-order valence-electron chi connectivity index (χ0n) is 7.41. The maximum atomic E-state index is 5.93. The molecule has 1 radical (unpaired) electrons. The molecule has 0 aliphatic heterocycles. The van der Waals surface area contributed by atoms with Crippen molar-refractivity contribution in [2.24, 2.45) is 0 Å². The monoisotopic (exact) mass is 217 g/mol. The van der Waals surface area contributed by atoms with E-state index in [2.05, 4.69) is 32.9 Å². The minimum Gasteiger partial charge on any atom is -0.140 e. The van der Waals surface area contributed by atoms with Crippen LogP contribution in [0.2, 0.25) is 0 Å². The second-order valence-corrected chi connectivity index (χ2v) is 6.90. The molecule has 3 heteroatoms. The van der Waals surface area contributed by atoms with Crippen molar-refractivity contribution in [3.05, 3.63) is 28.8 Å². The molecule has 0 saturated carbocycles. The highest BCUT2D eigenvalue weighted by atomic mass is 35.7. The zero-order valence-corrected chi connectivity index (χ0v) is 9.92. The lowest BCUT2D eigenvalue weighted by molar-refractivity contribution is 1.35. The van der Waals surface area contributed by atoms with Crippen molar-refractivity contribution in [3.63, 3.8) is 0 Å². The summed E-state index contributed by atoms with van der Waals surface area (Å²) in [6, 6.07) is 4.25. The highest BCUT2D eigenvalue weighted by molar-refractivity contribution is 7.39. The molecule has 0 nitrogen and oxygen atoms in total. The molecule has 0 heterocycles. The summed E-state index contributed by atoms with van der Waals surface area (Å²) in [7, 11) is -1.34. The molecule has 0 aliphatic rings. The van der Waals surface area contributed by atoms with E-state index in [1.807, 2.05) is 0 Å². The van der Waals surface area contributed by atoms with Gasteiger partial charge in [0.2, 0.25) is 0 Å². The van der Waals surface area contributed by atoms with Crippen LogP contribution in [-0.2, 0) is 0 Å². The minimum absolute atomic E-state index is 1.15. The fraction of sp³-hybridized carbons (Fsp3) is 0.333. The lowest BCUT2D eigenvalue weighted by Crippen LogP contribution is -2.24. The van der Waals surface area contributed by atoms with Crippen LogP contribution in [0.5, 0.6) is 0 Å². The van der Waals surface area contributed by atoms with Crippen molar-refractivity contribution in [2.75, 3.05) is 0 Å². The van der Waals surface area contributed by atoms with Crippen LogP contribution < -0.4 is 5.19 Å². The first-order valence-electron chi connectivity index (χ1n) is 3.78. The van der Waals surface area contributed by atoms with Gasteiger partial charge in [0.1, 0.15) is 0 Å². The number of rotatable bonds is 1. The summed E-state index contributed by atoms with van der Waals surface area (Å²) in [6.07, 6.45) is 0. The molecule has 1 aromatic rings. The van der Waals surface area contributed by atoms with Crippen LogP contribution in [0.3, 0.4) is 0 Å². The smallest absolute Gasteiger partial charge is 0.140 e. The summed E-state index contributed by atoms with van der Waals surface area (Å²) < 4.78 is 0. The summed E-state index contributed by atoms with van der Waals surface area (Å²) in [5.41, 5.74) is 3.70. The molecule has 0 unspecified atom stereocenters. The maximum Gasteiger partial charge on any atom is 0.307 e. The molecular weight excluding hydrogens is 207 g/mol. The van der Waals surface area contributed by atoms with Gasteiger partial charge in [0.25, 0.3) is 0 Å². The highest BCUT2D eigenvalue weighted by Crippen LogP contribution is 2.10. The fourth-order valence-electron chi connectivity index (χ4n) is 1.48. The number of aryl methyl sites for hydroxylation is 3. The first kappa shape index (κ1) is 10.1. The second-order valence-electron chi connectivity index (χ2n) is 3.03. The predicted molar refractivity (Wildman–Crippen MR) is 57.7 cm³/mol. The van der Waals surface area contributed by atoms with E-state index in [-0.39, 0.29) is 0 Å². The Morgan fingerprint density at radius 1 is 1.00 bits per heavy atom. The average molecular weight is 218 g/mol. The molecule has 0 aromatic heterocycles. The molecule has 1 aromatic carbocycles. The third-order valence-corrected chi connectivity index (χ3v) is 4.17. The summed E-state index contributed by atoms with van der Waals surface area (Å²) in [6.45, 7) is 6.20. The summed E-state index contributed by atoms with van der Waals surface area (Å²) in [4.78, 5) is 0. The lowest BCUT2D eigenvalue weighted by atomic mass is 10.1. The van der Waals surface area contributed by atoms with Crippen LogP contribution in [0.25, 0.3) is 0 Å². The molecule has 0 amide bonds. The predicted octanol–water partition coefficient (Wildman–Crippen LogP) is 2.78. The molecule has 1 rings (SSSR count). The van der Waals surface area contributed by atoms with E-state index < -0.39 is 7.42 Å². The van der Waals surface area contributed by atoms with Gasteiger partial charge in [0, 0.05) is 0 Å². The standard InChI is InChI=1S/C9H11Cl2Si/c1-6-4-7(2)9(12(10)11)8(3)5-6/h4-5H,1-3H3. The van der Waals surface area contributed by atoms with E-state index >= 15 is 0 Å². The molecule has 0 aliphatic carbocycles. The SMILES string of the molecule is Cc1cc(C)c([Si](Cl)Cl)c(C)c1. The Balaban J connectivity index is 3.28. The first-order chi connectivity index (χ1) is 5.52. The average Bonchev–Trinajstić information content (AvgIpc) is 1.82.